The highest BCUT2D eigenvalue weighted by atomic mass is 32.2. The molecule has 0 radical (unpaired) electrons. The Morgan fingerprint density at radius 1 is 1.14 bits per heavy atom. The molecule has 0 aliphatic heterocycles. The van der Waals surface area contributed by atoms with Crippen molar-refractivity contribution in [2.75, 3.05) is 6.61 Å². The summed E-state index contributed by atoms with van der Waals surface area (Å²) in [6.45, 7) is 5.42. The van der Waals surface area contributed by atoms with Crippen molar-refractivity contribution in [3.05, 3.63) is 59.5 Å². The molecule has 2 N–H and O–H groups in total. The SMILES string of the molecule is C[C@@H](NS(=O)(=O)C1CC1)c1cn(CC(C)(C)CO)c2cc(-c3ccccc3C(F)(F)F)c(F)cc12. The predicted molar refractivity (Wildman–Crippen MR) is 127 cm³/mol. The molecule has 1 aliphatic rings. The number of nitrogens with one attached hydrogen (secondary N) is 1. The summed E-state index contributed by atoms with van der Waals surface area (Å²) in [5, 5.41) is 9.74. The maximum Gasteiger partial charge on any atom is 0.417 e. The van der Waals surface area contributed by atoms with Crippen LogP contribution in [0.3, 0.4) is 0 Å². The second-order valence-electron chi connectivity index (χ2n) is 10.0. The number of aliphatic hydroxyl groups is 1. The molecule has 4 rings (SSSR count). The summed E-state index contributed by atoms with van der Waals surface area (Å²) in [5.74, 6) is -0.841. The van der Waals surface area contributed by atoms with Gasteiger partial charge in [0, 0.05) is 47.3 Å². The average Bonchev–Trinajstić information content (AvgIpc) is 3.57. The number of alkyl halides is 3. The Hall–Kier alpha value is -2.43. The number of sulfonamides is 1. The Morgan fingerprint density at radius 3 is 2.40 bits per heavy atom. The van der Waals surface area contributed by atoms with Crippen molar-refractivity contribution in [2.45, 2.75) is 57.6 Å². The molecule has 1 aromatic heterocycles. The number of hydrogen-bond donors (Lipinski definition) is 2. The summed E-state index contributed by atoms with van der Waals surface area (Å²) in [7, 11) is -3.53. The lowest BCUT2D eigenvalue weighted by Crippen LogP contribution is -2.29. The zero-order chi connectivity index (χ0) is 25.8. The zero-order valence-electron chi connectivity index (χ0n) is 19.7. The molecule has 190 valence electrons. The minimum Gasteiger partial charge on any atom is -0.396 e. The van der Waals surface area contributed by atoms with E-state index in [2.05, 4.69) is 4.72 Å². The first-order valence-electron chi connectivity index (χ1n) is 11.3. The number of rotatable bonds is 8. The van der Waals surface area contributed by atoms with Crippen LogP contribution in [0.25, 0.3) is 22.0 Å². The Morgan fingerprint density at radius 2 is 1.80 bits per heavy atom. The third-order valence-corrected chi connectivity index (χ3v) is 8.35. The molecule has 1 heterocycles. The first-order valence-corrected chi connectivity index (χ1v) is 12.9. The number of nitrogens with zero attached hydrogens (tertiary/aromatic N) is 1. The van der Waals surface area contributed by atoms with E-state index in [-0.39, 0.29) is 24.3 Å². The number of aliphatic hydroxyl groups excluding tert-OH is 1. The van der Waals surface area contributed by atoms with Crippen LogP contribution in [0.2, 0.25) is 0 Å². The number of benzene rings is 2. The van der Waals surface area contributed by atoms with Gasteiger partial charge in [-0.1, -0.05) is 32.0 Å². The monoisotopic (exact) mass is 512 g/mol. The van der Waals surface area contributed by atoms with E-state index in [4.69, 9.17) is 0 Å². The zero-order valence-corrected chi connectivity index (χ0v) is 20.5. The molecular formula is C25H28F4N2O3S. The largest absolute Gasteiger partial charge is 0.417 e. The normalized spacial score (nSPS) is 16.1. The van der Waals surface area contributed by atoms with E-state index in [9.17, 15) is 26.7 Å². The first-order chi connectivity index (χ1) is 16.2. The highest BCUT2D eigenvalue weighted by Crippen LogP contribution is 2.40. The summed E-state index contributed by atoms with van der Waals surface area (Å²) in [4.78, 5) is 0. The lowest BCUT2D eigenvalue weighted by atomic mass is 9.94. The van der Waals surface area contributed by atoms with Crippen LogP contribution >= 0.6 is 0 Å². The van der Waals surface area contributed by atoms with Gasteiger partial charge in [-0.2, -0.15) is 13.2 Å². The van der Waals surface area contributed by atoms with Crippen molar-refractivity contribution in [1.82, 2.24) is 9.29 Å². The van der Waals surface area contributed by atoms with Crippen LogP contribution in [-0.2, 0) is 22.7 Å². The molecule has 1 fully saturated rings. The molecule has 0 saturated heterocycles. The van der Waals surface area contributed by atoms with Crippen molar-refractivity contribution >= 4 is 20.9 Å². The highest BCUT2D eigenvalue weighted by molar-refractivity contribution is 7.90. The van der Waals surface area contributed by atoms with E-state index >= 15 is 4.39 Å². The number of halogens is 4. The lowest BCUT2D eigenvalue weighted by molar-refractivity contribution is -0.137. The van der Waals surface area contributed by atoms with Crippen LogP contribution in [0.4, 0.5) is 17.6 Å². The van der Waals surface area contributed by atoms with Gasteiger partial charge in [-0.05, 0) is 49.1 Å². The van der Waals surface area contributed by atoms with Crippen LogP contribution in [-0.4, -0.2) is 29.9 Å². The van der Waals surface area contributed by atoms with Gasteiger partial charge in [0.25, 0.3) is 0 Å². The minimum atomic E-state index is -4.67. The standard InChI is InChI=1S/C25H28F4N2O3S/c1-15(30-35(33,34)16-8-9-16)20-12-31(13-24(2,3)14-32)23-11-18(22(26)10-19(20)23)17-6-4-5-7-21(17)25(27,28)29/h4-7,10-12,15-16,30,32H,8-9,13-14H2,1-3H3/t15-/m1/s1. The maximum atomic E-state index is 15.4. The Labute approximate surface area is 201 Å². The molecule has 0 spiro atoms. The molecule has 0 bridgehead atoms. The molecule has 0 unspecified atom stereocenters. The third kappa shape index (κ3) is 5.24. The fourth-order valence-corrected chi connectivity index (χ4v) is 5.85. The van der Waals surface area contributed by atoms with Crippen LogP contribution in [0.1, 0.15) is 50.8 Å². The fraction of sp³-hybridized carbons (Fsp3) is 0.440. The molecule has 2 aromatic carbocycles. The Balaban J connectivity index is 1.89. The van der Waals surface area contributed by atoms with E-state index in [1.165, 1.54) is 24.3 Å². The maximum absolute atomic E-state index is 15.4. The second-order valence-corrected chi connectivity index (χ2v) is 12.0. The Bertz CT molecular complexity index is 1360. The molecule has 3 aromatic rings. The second kappa shape index (κ2) is 8.90. The number of hydrogen-bond acceptors (Lipinski definition) is 3. The van der Waals surface area contributed by atoms with Crippen molar-refractivity contribution in [1.29, 1.82) is 0 Å². The number of aromatic nitrogens is 1. The van der Waals surface area contributed by atoms with Gasteiger partial charge in [0.1, 0.15) is 5.82 Å². The van der Waals surface area contributed by atoms with Gasteiger partial charge >= 0.3 is 6.18 Å². The average molecular weight is 513 g/mol. The third-order valence-electron chi connectivity index (χ3n) is 6.32. The van der Waals surface area contributed by atoms with E-state index in [1.54, 1.807) is 17.7 Å². The van der Waals surface area contributed by atoms with Gasteiger partial charge in [0.2, 0.25) is 10.0 Å². The van der Waals surface area contributed by atoms with Crippen molar-refractivity contribution in [3.8, 4) is 11.1 Å². The van der Waals surface area contributed by atoms with Gasteiger partial charge in [-0.15, -0.1) is 0 Å². The van der Waals surface area contributed by atoms with Crippen LogP contribution in [0, 0.1) is 11.2 Å². The van der Waals surface area contributed by atoms with Gasteiger partial charge in [-0.3, -0.25) is 0 Å². The molecular weight excluding hydrogens is 484 g/mol. The molecule has 1 atom stereocenters. The quantitative estimate of drug-likeness (QED) is 0.385. The molecule has 5 nitrogen and oxygen atoms in total. The van der Waals surface area contributed by atoms with E-state index in [0.29, 0.717) is 29.3 Å². The number of fused-ring (bicyclic) bond motifs is 1. The molecule has 0 amide bonds. The van der Waals surface area contributed by atoms with E-state index < -0.39 is 44.3 Å². The van der Waals surface area contributed by atoms with Gasteiger partial charge in [0.05, 0.1) is 10.8 Å². The van der Waals surface area contributed by atoms with Crippen LogP contribution in [0.5, 0.6) is 0 Å². The van der Waals surface area contributed by atoms with E-state index in [0.717, 1.165) is 12.1 Å². The van der Waals surface area contributed by atoms with E-state index in [1.807, 2.05) is 13.8 Å². The topological polar surface area (TPSA) is 71.3 Å². The van der Waals surface area contributed by atoms with Crippen LogP contribution in [0.15, 0.2) is 42.6 Å². The first kappa shape index (κ1) is 25.7. The fourth-order valence-electron chi connectivity index (χ4n) is 4.28. The summed E-state index contributed by atoms with van der Waals surface area (Å²) >= 11 is 0. The predicted octanol–water partition coefficient (Wildman–Crippen LogP) is 5.63. The smallest absolute Gasteiger partial charge is 0.396 e. The lowest BCUT2D eigenvalue weighted by Gasteiger charge is -2.23. The Kier molecular flexibility index (Phi) is 6.53. The summed E-state index contributed by atoms with van der Waals surface area (Å²) < 4.78 is 85.7. The molecule has 10 heteroatoms. The molecule has 35 heavy (non-hydrogen) atoms. The van der Waals surface area contributed by atoms with Gasteiger partial charge < -0.3 is 9.67 Å². The van der Waals surface area contributed by atoms with Gasteiger partial charge in [0.15, 0.2) is 0 Å². The van der Waals surface area contributed by atoms with Crippen molar-refractivity contribution in [2.24, 2.45) is 5.41 Å². The molecule has 1 aliphatic carbocycles. The molecule has 1 saturated carbocycles. The van der Waals surface area contributed by atoms with Crippen molar-refractivity contribution < 1.29 is 31.1 Å². The summed E-state index contributed by atoms with van der Waals surface area (Å²) in [6, 6.07) is 6.65. The van der Waals surface area contributed by atoms with Gasteiger partial charge in [-0.25, -0.2) is 17.5 Å². The van der Waals surface area contributed by atoms with Crippen molar-refractivity contribution in [3.63, 3.8) is 0 Å². The van der Waals surface area contributed by atoms with Crippen LogP contribution < -0.4 is 4.72 Å². The summed E-state index contributed by atoms with van der Waals surface area (Å²) in [6.07, 6.45) is -1.81. The summed E-state index contributed by atoms with van der Waals surface area (Å²) in [5.41, 5.74) is -1.06. The minimum absolute atomic E-state index is 0.156. The highest BCUT2D eigenvalue weighted by Gasteiger charge is 2.37.